The van der Waals surface area contributed by atoms with E-state index in [0.29, 0.717) is 18.8 Å². The van der Waals surface area contributed by atoms with E-state index >= 15 is 0 Å². The number of aromatic nitrogens is 5. The van der Waals surface area contributed by atoms with Gasteiger partial charge in [-0.1, -0.05) is 5.21 Å². The molecule has 0 spiro atoms. The van der Waals surface area contributed by atoms with Crippen molar-refractivity contribution in [3.8, 4) is 0 Å². The second kappa shape index (κ2) is 7.35. The van der Waals surface area contributed by atoms with Gasteiger partial charge in [0.1, 0.15) is 17.8 Å². The fraction of sp³-hybridized carbons (Fsp3) is 0.533. The highest BCUT2D eigenvalue weighted by Gasteiger charge is 2.33. The van der Waals surface area contributed by atoms with E-state index in [-0.39, 0.29) is 18.1 Å². The summed E-state index contributed by atoms with van der Waals surface area (Å²) in [6.07, 6.45) is 5.66. The van der Waals surface area contributed by atoms with Gasteiger partial charge in [0.05, 0.1) is 18.3 Å². The zero-order chi connectivity index (χ0) is 16.9. The highest BCUT2D eigenvalue weighted by Crippen LogP contribution is 2.24. The van der Waals surface area contributed by atoms with Crippen molar-refractivity contribution in [3.63, 3.8) is 0 Å². The van der Waals surface area contributed by atoms with Crippen LogP contribution in [0, 0.1) is 0 Å². The third kappa shape index (κ3) is 3.35. The number of rotatable bonds is 6. The number of amides is 1. The van der Waals surface area contributed by atoms with E-state index in [0.717, 1.165) is 18.8 Å². The van der Waals surface area contributed by atoms with Crippen LogP contribution < -0.4 is 10.2 Å². The Morgan fingerprint density at radius 2 is 2.38 bits per heavy atom. The predicted octanol–water partition coefficient (Wildman–Crippen LogP) is 0.112. The van der Waals surface area contributed by atoms with Crippen molar-refractivity contribution in [1.29, 1.82) is 0 Å². The van der Waals surface area contributed by atoms with Crippen LogP contribution in [0.3, 0.4) is 0 Å². The van der Waals surface area contributed by atoms with Gasteiger partial charge in [-0.15, -0.1) is 5.10 Å². The molecular weight excluding hydrogens is 310 g/mol. The molecule has 24 heavy (non-hydrogen) atoms. The van der Waals surface area contributed by atoms with Gasteiger partial charge in [-0.2, -0.15) is 0 Å². The van der Waals surface area contributed by atoms with Gasteiger partial charge in [-0.05, 0) is 19.4 Å². The normalized spacial score (nSPS) is 20.3. The van der Waals surface area contributed by atoms with Crippen LogP contribution in [0.2, 0.25) is 0 Å². The number of carbonyl (C=O) groups excluding carboxylic acids is 1. The average Bonchev–Trinajstić information content (AvgIpc) is 3.26. The lowest BCUT2D eigenvalue weighted by Crippen LogP contribution is -2.41. The first-order valence-corrected chi connectivity index (χ1v) is 7.95. The topological polar surface area (TPSA) is 98.1 Å². The van der Waals surface area contributed by atoms with Gasteiger partial charge in [-0.3, -0.25) is 4.79 Å². The van der Waals surface area contributed by atoms with E-state index < -0.39 is 0 Å². The molecule has 3 rings (SSSR count). The van der Waals surface area contributed by atoms with Crippen molar-refractivity contribution >= 4 is 11.7 Å². The summed E-state index contributed by atoms with van der Waals surface area (Å²) in [5.41, 5.74) is 0.465. The van der Waals surface area contributed by atoms with Crippen molar-refractivity contribution in [3.05, 3.63) is 30.5 Å². The fourth-order valence-electron chi connectivity index (χ4n) is 2.94. The van der Waals surface area contributed by atoms with Gasteiger partial charge >= 0.3 is 0 Å². The summed E-state index contributed by atoms with van der Waals surface area (Å²) in [6.45, 7) is 3.76. The van der Waals surface area contributed by atoms with Crippen LogP contribution in [0.5, 0.6) is 0 Å². The maximum absolute atomic E-state index is 12.3. The minimum Gasteiger partial charge on any atom is -0.380 e. The molecular formula is C15H21N7O2. The lowest BCUT2D eigenvalue weighted by molar-refractivity contribution is 0.0936. The zero-order valence-corrected chi connectivity index (χ0v) is 13.8. The van der Waals surface area contributed by atoms with E-state index in [1.165, 1.54) is 12.5 Å². The molecule has 0 bridgehead atoms. The summed E-state index contributed by atoms with van der Waals surface area (Å²) in [5, 5.41) is 10.6. The molecule has 1 saturated heterocycles. The molecule has 0 radical (unpaired) electrons. The molecule has 0 unspecified atom stereocenters. The quantitative estimate of drug-likeness (QED) is 0.802. The third-order valence-electron chi connectivity index (χ3n) is 4.22. The smallest absolute Gasteiger partial charge is 0.271 e. The Labute approximate surface area is 140 Å². The summed E-state index contributed by atoms with van der Waals surface area (Å²) >= 11 is 0. The number of methoxy groups -OCH3 is 1. The van der Waals surface area contributed by atoms with Crippen molar-refractivity contribution in [2.24, 2.45) is 0 Å². The van der Waals surface area contributed by atoms with Gasteiger partial charge in [0.2, 0.25) is 0 Å². The van der Waals surface area contributed by atoms with Crippen LogP contribution in [0.25, 0.3) is 0 Å². The van der Waals surface area contributed by atoms with Gasteiger partial charge < -0.3 is 15.0 Å². The molecule has 1 fully saturated rings. The zero-order valence-electron chi connectivity index (χ0n) is 13.8. The number of ether oxygens (including phenoxy) is 1. The van der Waals surface area contributed by atoms with Crippen LogP contribution in [0.1, 0.15) is 23.8 Å². The number of nitrogens with zero attached hydrogens (tertiary/aromatic N) is 6. The van der Waals surface area contributed by atoms with E-state index in [4.69, 9.17) is 4.74 Å². The third-order valence-corrected chi connectivity index (χ3v) is 4.22. The Morgan fingerprint density at radius 3 is 3.08 bits per heavy atom. The number of hydrogen-bond donors (Lipinski definition) is 1. The van der Waals surface area contributed by atoms with E-state index in [2.05, 4.69) is 30.5 Å². The molecule has 0 aliphatic carbocycles. The molecule has 2 atom stereocenters. The van der Waals surface area contributed by atoms with Crippen molar-refractivity contribution < 1.29 is 9.53 Å². The monoisotopic (exact) mass is 331 g/mol. The highest BCUT2D eigenvalue weighted by molar-refractivity contribution is 5.92. The Bertz CT molecular complexity index is 675. The van der Waals surface area contributed by atoms with Crippen molar-refractivity contribution in [2.45, 2.75) is 32.0 Å². The van der Waals surface area contributed by atoms with Crippen LogP contribution >= 0.6 is 0 Å². The predicted molar refractivity (Wildman–Crippen MR) is 86.6 cm³/mol. The molecule has 2 aromatic rings. The summed E-state index contributed by atoms with van der Waals surface area (Å²) in [6, 6.07) is 1.97. The van der Waals surface area contributed by atoms with Gasteiger partial charge in [0.15, 0.2) is 0 Å². The molecule has 1 aliphatic rings. The number of hydrogen-bond acceptors (Lipinski definition) is 7. The first-order chi connectivity index (χ1) is 11.7. The molecule has 128 valence electrons. The maximum atomic E-state index is 12.3. The summed E-state index contributed by atoms with van der Waals surface area (Å²) in [5.74, 6) is 0.662. The van der Waals surface area contributed by atoms with Gasteiger partial charge in [0.25, 0.3) is 5.91 Å². The molecule has 3 heterocycles. The van der Waals surface area contributed by atoms with Crippen molar-refractivity contribution in [1.82, 2.24) is 30.3 Å². The molecule has 2 aromatic heterocycles. The fourth-order valence-corrected chi connectivity index (χ4v) is 2.94. The van der Waals surface area contributed by atoms with Crippen LogP contribution in [0.4, 0.5) is 5.82 Å². The summed E-state index contributed by atoms with van der Waals surface area (Å²) in [4.78, 5) is 22.8. The standard InChI is InChI=1S/C15H21N7O2/c1-3-22-13(8-19-20-22)15(23)17-7-11-6-12(24-2)9-21(11)14-4-5-16-10-18-14/h4-5,8,10-12H,3,6-7,9H2,1-2H3,(H,17,23)/t11-,12-/m1/s1. The molecule has 0 saturated carbocycles. The summed E-state index contributed by atoms with van der Waals surface area (Å²) < 4.78 is 7.06. The van der Waals surface area contributed by atoms with Crippen LogP contribution in [0.15, 0.2) is 24.8 Å². The Balaban J connectivity index is 1.67. The minimum atomic E-state index is -0.176. The molecule has 1 amide bonds. The largest absolute Gasteiger partial charge is 0.380 e. The van der Waals surface area contributed by atoms with Crippen molar-refractivity contribution in [2.75, 3.05) is 25.1 Å². The Kier molecular flexibility index (Phi) is 4.99. The lowest BCUT2D eigenvalue weighted by Gasteiger charge is -2.25. The molecule has 1 N–H and O–H groups in total. The number of anilines is 1. The van der Waals surface area contributed by atoms with E-state index in [1.54, 1.807) is 18.0 Å². The SMILES string of the molecule is CCn1nncc1C(=O)NC[C@H]1C[C@@H](OC)CN1c1ccncn1. The average molecular weight is 331 g/mol. The van der Waals surface area contributed by atoms with E-state index in [9.17, 15) is 4.79 Å². The lowest BCUT2D eigenvalue weighted by atomic mass is 10.2. The first kappa shape index (κ1) is 16.3. The number of aryl methyl sites for hydroxylation is 1. The molecule has 0 aromatic carbocycles. The molecule has 1 aliphatic heterocycles. The second-order valence-corrected chi connectivity index (χ2v) is 5.61. The number of nitrogens with one attached hydrogen (secondary N) is 1. The van der Waals surface area contributed by atoms with E-state index in [1.807, 2.05) is 13.0 Å². The molecule has 9 heteroatoms. The molecule has 9 nitrogen and oxygen atoms in total. The Morgan fingerprint density at radius 1 is 1.50 bits per heavy atom. The highest BCUT2D eigenvalue weighted by atomic mass is 16.5. The Hall–Kier alpha value is -2.55. The number of carbonyl (C=O) groups is 1. The van der Waals surface area contributed by atoms with Crippen LogP contribution in [-0.4, -0.2) is 63.2 Å². The second-order valence-electron chi connectivity index (χ2n) is 5.61. The summed E-state index contributed by atoms with van der Waals surface area (Å²) in [7, 11) is 1.70. The van der Waals surface area contributed by atoms with Gasteiger partial charge in [0, 0.05) is 32.9 Å². The van der Waals surface area contributed by atoms with Gasteiger partial charge in [-0.25, -0.2) is 14.6 Å². The first-order valence-electron chi connectivity index (χ1n) is 7.95. The maximum Gasteiger partial charge on any atom is 0.271 e. The minimum absolute atomic E-state index is 0.111. The van der Waals surface area contributed by atoms with Crippen LogP contribution in [-0.2, 0) is 11.3 Å².